The van der Waals surface area contributed by atoms with Crippen molar-refractivity contribution < 1.29 is 9.90 Å². The number of nitrogens with zero attached hydrogens (tertiary/aromatic N) is 1. The predicted molar refractivity (Wildman–Crippen MR) is 81.1 cm³/mol. The monoisotopic (exact) mass is 274 g/mol. The van der Waals surface area contributed by atoms with Crippen molar-refractivity contribution in [3.05, 3.63) is 35.0 Å². The van der Waals surface area contributed by atoms with Gasteiger partial charge < -0.3 is 15.0 Å². The van der Waals surface area contributed by atoms with E-state index in [4.69, 9.17) is 5.11 Å². The second-order valence-electron chi connectivity index (χ2n) is 5.17. The number of hydrogen-bond acceptors (Lipinski definition) is 2. The molecule has 1 amide bonds. The van der Waals surface area contributed by atoms with Gasteiger partial charge in [0.1, 0.15) is 5.69 Å². The number of nitrogens with one attached hydrogen (secondary N) is 1. The van der Waals surface area contributed by atoms with E-state index < -0.39 is 0 Å². The highest BCUT2D eigenvalue weighted by atomic mass is 16.3. The van der Waals surface area contributed by atoms with E-state index in [1.165, 1.54) is 11.1 Å². The van der Waals surface area contributed by atoms with Gasteiger partial charge in [0, 0.05) is 24.0 Å². The van der Waals surface area contributed by atoms with E-state index in [0.717, 1.165) is 17.3 Å². The average Bonchev–Trinajstić information content (AvgIpc) is 2.87. The lowest BCUT2D eigenvalue weighted by Gasteiger charge is -2.20. The first-order valence-corrected chi connectivity index (χ1v) is 7.07. The summed E-state index contributed by atoms with van der Waals surface area (Å²) < 4.78 is 0. The zero-order valence-corrected chi connectivity index (χ0v) is 12.4. The van der Waals surface area contributed by atoms with Gasteiger partial charge in [0.05, 0.1) is 6.61 Å². The van der Waals surface area contributed by atoms with Gasteiger partial charge in [-0.1, -0.05) is 13.0 Å². The summed E-state index contributed by atoms with van der Waals surface area (Å²) in [6.07, 6.45) is 0.879. The molecule has 4 nitrogen and oxygen atoms in total. The lowest BCUT2D eigenvalue weighted by atomic mass is 10.1. The van der Waals surface area contributed by atoms with E-state index in [1.54, 1.807) is 4.90 Å². The Hall–Kier alpha value is -1.81. The van der Waals surface area contributed by atoms with Crippen LogP contribution in [0.5, 0.6) is 0 Å². The Labute approximate surface area is 119 Å². The molecule has 0 saturated carbocycles. The Kier molecular flexibility index (Phi) is 4.45. The summed E-state index contributed by atoms with van der Waals surface area (Å²) in [6, 6.07) is 5.98. The van der Waals surface area contributed by atoms with Crippen molar-refractivity contribution in [1.29, 1.82) is 0 Å². The molecule has 1 aromatic carbocycles. The van der Waals surface area contributed by atoms with E-state index >= 15 is 0 Å². The predicted octanol–water partition coefficient (Wildman–Crippen LogP) is 2.63. The van der Waals surface area contributed by atoms with Crippen LogP contribution in [0.15, 0.2) is 18.2 Å². The van der Waals surface area contributed by atoms with Crippen LogP contribution in [0.3, 0.4) is 0 Å². The van der Waals surface area contributed by atoms with Crippen LogP contribution in [-0.2, 0) is 0 Å². The minimum absolute atomic E-state index is 0.00982. The van der Waals surface area contributed by atoms with Crippen LogP contribution in [0, 0.1) is 13.8 Å². The standard InChI is InChI=1S/C16H22N2O2/c1-4-7-18(8-9-19)16(20)15-10-13-12(3)11(2)5-6-14(13)17-15/h5-6,10,17,19H,4,7-9H2,1-3H3. The lowest BCUT2D eigenvalue weighted by molar-refractivity contribution is 0.0717. The minimum atomic E-state index is -0.0471. The fourth-order valence-corrected chi connectivity index (χ4v) is 2.45. The maximum absolute atomic E-state index is 12.5. The summed E-state index contributed by atoms with van der Waals surface area (Å²) in [5.74, 6) is -0.0471. The topological polar surface area (TPSA) is 56.3 Å². The second-order valence-corrected chi connectivity index (χ2v) is 5.17. The van der Waals surface area contributed by atoms with Crippen molar-refractivity contribution in [2.24, 2.45) is 0 Å². The zero-order chi connectivity index (χ0) is 14.7. The van der Waals surface area contributed by atoms with Crippen LogP contribution >= 0.6 is 0 Å². The van der Waals surface area contributed by atoms with Gasteiger partial charge in [-0.2, -0.15) is 0 Å². The first-order chi connectivity index (χ1) is 9.58. The fraction of sp³-hybridized carbons (Fsp3) is 0.438. The molecule has 2 rings (SSSR count). The van der Waals surface area contributed by atoms with Crippen LogP contribution in [-0.4, -0.2) is 40.6 Å². The number of H-pyrrole nitrogens is 1. The Morgan fingerprint density at radius 1 is 1.30 bits per heavy atom. The van der Waals surface area contributed by atoms with Crippen LogP contribution in [0.4, 0.5) is 0 Å². The zero-order valence-electron chi connectivity index (χ0n) is 12.4. The smallest absolute Gasteiger partial charge is 0.270 e. The number of aromatic nitrogens is 1. The van der Waals surface area contributed by atoms with Crippen molar-refractivity contribution in [1.82, 2.24) is 9.88 Å². The van der Waals surface area contributed by atoms with Gasteiger partial charge in [0.25, 0.3) is 5.91 Å². The SMILES string of the molecule is CCCN(CCO)C(=O)c1cc2c(C)c(C)ccc2[nH]1. The Morgan fingerprint density at radius 3 is 2.70 bits per heavy atom. The number of aryl methyl sites for hydroxylation is 2. The molecular weight excluding hydrogens is 252 g/mol. The number of aliphatic hydroxyl groups excluding tert-OH is 1. The molecule has 4 heteroatoms. The third-order valence-corrected chi connectivity index (χ3v) is 3.72. The molecule has 0 aliphatic rings. The summed E-state index contributed by atoms with van der Waals surface area (Å²) in [6.45, 7) is 7.18. The number of hydrogen-bond donors (Lipinski definition) is 2. The third kappa shape index (κ3) is 2.70. The molecule has 0 fully saturated rings. The number of aliphatic hydroxyl groups is 1. The molecule has 0 saturated heterocycles. The fourth-order valence-electron chi connectivity index (χ4n) is 2.45. The molecule has 0 bridgehead atoms. The van der Waals surface area contributed by atoms with Crippen LogP contribution in [0.25, 0.3) is 10.9 Å². The number of benzene rings is 1. The minimum Gasteiger partial charge on any atom is -0.395 e. The maximum Gasteiger partial charge on any atom is 0.270 e. The van der Waals surface area contributed by atoms with E-state index in [1.807, 2.05) is 19.1 Å². The highest BCUT2D eigenvalue weighted by Crippen LogP contribution is 2.23. The van der Waals surface area contributed by atoms with Crippen molar-refractivity contribution in [2.45, 2.75) is 27.2 Å². The van der Waals surface area contributed by atoms with Gasteiger partial charge in [-0.05, 0) is 43.5 Å². The Balaban J connectivity index is 2.37. The normalized spacial score (nSPS) is 11.0. The summed E-state index contributed by atoms with van der Waals surface area (Å²) >= 11 is 0. The van der Waals surface area contributed by atoms with Crippen molar-refractivity contribution in [3.8, 4) is 0 Å². The first-order valence-electron chi connectivity index (χ1n) is 7.07. The Morgan fingerprint density at radius 2 is 2.05 bits per heavy atom. The molecule has 2 N–H and O–H groups in total. The van der Waals surface area contributed by atoms with Crippen molar-refractivity contribution in [2.75, 3.05) is 19.7 Å². The van der Waals surface area contributed by atoms with Gasteiger partial charge in [-0.3, -0.25) is 4.79 Å². The summed E-state index contributed by atoms with van der Waals surface area (Å²) in [5.41, 5.74) is 3.99. The van der Waals surface area contributed by atoms with Crippen LogP contribution in [0.2, 0.25) is 0 Å². The summed E-state index contributed by atoms with van der Waals surface area (Å²) in [5, 5.41) is 10.2. The molecular formula is C16H22N2O2. The third-order valence-electron chi connectivity index (χ3n) is 3.72. The van der Waals surface area contributed by atoms with E-state index in [-0.39, 0.29) is 12.5 Å². The quantitative estimate of drug-likeness (QED) is 0.880. The summed E-state index contributed by atoms with van der Waals surface area (Å²) in [4.78, 5) is 17.3. The second kappa shape index (κ2) is 6.09. The first kappa shape index (κ1) is 14.6. The Bertz CT molecular complexity index is 610. The molecule has 2 aromatic rings. The molecule has 0 aliphatic carbocycles. The molecule has 0 unspecified atom stereocenters. The molecule has 1 heterocycles. The van der Waals surface area contributed by atoms with Gasteiger partial charge in [-0.25, -0.2) is 0 Å². The van der Waals surface area contributed by atoms with Crippen molar-refractivity contribution >= 4 is 16.8 Å². The number of carbonyl (C=O) groups is 1. The number of fused-ring (bicyclic) bond motifs is 1. The van der Waals surface area contributed by atoms with E-state index in [2.05, 4.69) is 24.9 Å². The number of amides is 1. The summed E-state index contributed by atoms with van der Waals surface area (Å²) in [7, 11) is 0. The maximum atomic E-state index is 12.5. The number of carbonyl (C=O) groups excluding carboxylic acids is 1. The average molecular weight is 274 g/mol. The van der Waals surface area contributed by atoms with Gasteiger partial charge in [0.2, 0.25) is 0 Å². The largest absolute Gasteiger partial charge is 0.395 e. The van der Waals surface area contributed by atoms with Crippen molar-refractivity contribution in [3.63, 3.8) is 0 Å². The van der Waals surface area contributed by atoms with E-state index in [0.29, 0.717) is 18.8 Å². The van der Waals surface area contributed by atoms with Gasteiger partial charge >= 0.3 is 0 Å². The molecule has 108 valence electrons. The molecule has 0 radical (unpaired) electrons. The van der Waals surface area contributed by atoms with Gasteiger partial charge in [-0.15, -0.1) is 0 Å². The molecule has 1 aromatic heterocycles. The molecule has 20 heavy (non-hydrogen) atoms. The molecule has 0 atom stereocenters. The van der Waals surface area contributed by atoms with E-state index in [9.17, 15) is 4.79 Å². The van der Waals surface area contributed by atoms with Crippen LogP contribution < -0.4 is 0 Å². The highest BCUT2D eigenvalue weighted by Gasteiger charge is 2.17. The molecule has 0 aliphatic heterocycles. The van der Waals surface area contributed by atoms with Crippen LogP contribution in [0.1, 0.15) is 35.0 Å². The van der Waals surface area contributed by atoms with Gasteiger partial charge in [0.15, 0.2) is 0 Å². The number of rotatable bonds is 5. The number of aromatic amines is 1. The molecule has 0 spiro atoms. The lowest BCUT2D eigenvalue weighted by Crippen LogP contribution is -2.34. The highest BCUT2D eigenvalue weighted by molar-refractivity contribution is 5.99.